The van der Waals surface area contributed by atoms with Crippen molar-refractivity contribution in [1.82, 2.24) is 0 Å². The summed E-state index contributed by atoms with van der Waals surface area (Å²) in [4.78, 5) is 23.7. The van der Waals surface area contributed by atoms with Gasteiger partial charge in [0.05, 0.1) is 12.2 Å². The van der Waals surface area contributed by atoms with Crippen LogP contribution in [0.25, 0.3) is 0 Å². The number of carbonyl (C=O) groups is 2. The highest BCUT2D eigenvalue weighted by Crippen LogP contribution is 2.52. The molecule has 0 radical (unpaired) electrons. The number of rotatable bonds is 2. The van der Waals surface area contributed by atoms with Gasteiger partial charge in [0, 0.05) is 5.92 Å². The third-order valence-corrected chi connectivity index (χ3v) is 3.94. The van der Waals surface area contributed by atoms with Gasteiger partial charge in [0.2, 0.25) is 0 Å². The molecule has 16 heavy (non-hydrogen) atoms. The van der Waals surface area contributed by atoms with E-state index in [4.69, 9.17) is 4.74 Å². The largest absolute Gasteiger partial charge is 0.462 e. The van der Waals surface area contributed by atoms with Gasteiger partial charge in [-0.05, 0) is 31.1 Å². The van der Waals surface area contributed by atoms with E-state index >= 15 is 0 Å². The molecule has 0 aromatic heterocycles. The van der Waals surface area contributed by atoms with Crippen LogP contribution in [0.4, 0.5) is 0 Å². The highest BCUT2D eigenvalue weighted by Gasteiger charge is 2.52. The van der Waals surface area contributed by atoms with Crippen molar-refractivity contribution in [2.24, 2.45) is 23.7 Å². The molecule has 0 heterocycles. The van der Waals surface area contributed by atoms with Gasteiger partial charge in [-0.1, -0.05) is 18.2 Å². The Labute approximate surface area is 94.2 Å². The SMILES string of the molecule is CCOC(=O)C1=C[C@@H]2[C@H](C1=O)[C@H]1C=C[C@@H]2C1. The maximum atomic E-state index is 12.1. The van der Waals surface area contributed by atoms with E-state index in [0.29, 0.717) is 18.4 Å². The molecule has 0 N–H and O–H groups in total. The monoisotopic (exact) mass is 218 g/mol. The van der Waals surface area contributed by atoms with E-state index in [-0.39, 0.29) is 23.2 Å². The van der Waals surface area contributed by atoms with Crippen LogP contribution >= 0.6 is 0 Å². The molecule has 3 heteroatoms. The molecule has 0 saturated heterocycles. The lowest BCUT2D eigenvalue weighted by molar-refractivity contribution is -0.140. The Morgan fingerprint density at radius 2 is 2.19 bits per heavy atom. The molecule has 0 aromatic carbocycles. The summed E-state index contributed by atoms with van der Waals surface area (Å²) in [6, 6.07) is 0. The molecule has 3 aliphatic rings. The Morgan fingerprint density at radius 1 is 1.44 bits per heavy atom. The van der Waals surface area contributed by atoms with Crippen molar-refractivity contribution < 1.29 is 14.3 Å². The quantitative estimate of drug-likeness (QED) is 0.401. The fraction of sp³-hybridized carbons (Fsp3) is 0.538. The summed E-state index contributed by atoms with van der Waals surface area (Å²) < 4.78 is 4.90. The number of hydrogen-bond acceptors (Lipinski definition) is 3. The van der Waals surface area contributed by atoms with Crippen LogP contribution in [0.2, 0.25) is 0 Å². The minimum Gasteiger partial charge on any atom is -0.462 e. The van der Waals surface area contributed by atoms with Crippen molar-refractivity contribution in [1.29, 1.82) is 0 Å². The summed E-state index contributed by atoms with van der Waals surface area (Å²) in [5.41, 5.74) is 0.287. The number of fused-ring (bicyclic) bond motifs is 5. The maximum Gasteiger partial charge on any atom is 0.341 e. The highest BCUT2D eigenvalue weighted by molar-refractivity contribution is 6.20. The van der Waals surface area contributed by atoms with Crippen LogP contribution in [0.5, 0.6) is 0 Å². The molecule has 0 unspecified atom stereocenters. The first-order valence-electron chi connectivity index (χ1n) is 5.84. The Hall–Kier alpha value is -1.38. The third kappa shape index (κ3) is 1.14. The van der Waals surface area contributed by atoms with E-state index in [1.165, 1.54) is 0 Å². The molecular weight excluding hydrogens is 204 g/mol. The van der Waals surface area contributed by atoms with Crippen LogP contribution < -0.4 is 0 Å². The summed E-state index contributed by atoms with van der Waals surface area (Å²) in [6.45, 7) is 2.08. The first-order chi connectivity index (χ1) is 7.72. The van der Waals surface area contributed by atoms with E-state index in [2.05, 4.69) is 12.2 Å². The van der Waals surface area contributed by atoms with Gasteiger partial charge in [-0.2, -0.15) is 0 Å². The summed E-state index contributed by atoms with van der Waals surface area (Å²) in [5, 5.41) is 0. The van der Waals surface area contributed by atoms with E-state index in [9.17, 15) is 9.59 Å². The van der Waals surface area contributed by atoms with Crippen LogP contribution in [0.15, 0.2) is 23.8 Å². The predicted octanol–water partition coefficient (Wildman–Crippen LogP) is 1.50. The fourth-order valence-electron chi connectivity index (χ4n) is 3.29. The molecule has 84 valence electrons. The molecule has 1 saturated carbocycles. The lowest BCUT2D eigenvalue weighted by Gasteiger charge is -2.17. The van der Waals surface area contributed by atoms with Crippen LogP contribution in [0.1, 0.15) is 13.3 Å². The molecule has 2 bridgehead atoms. The van der Waals surface area contributed by atoms with Gasteiger partial charge >= 0.3 is 5.97 Å². The average molecular weight is 218 g/mol. The number of esters is 1. The first-order valence-corrected chi connectivity index (χ1v) is 5.84. The second-order valence-corrected chi connectivity index (χ2v) is 4.72. The molecule has 3 rings (SSSR count). The fourth-order valence-corrected chi connectivity index (χ4v) is 3.29. The molecule has 0 amide bonds. The van der Waals surface area contributed by atoms with Crippen LogP contribution in [0, 0.1) is 23.7 Å². The third-order valence-electron chi connectivity index (χ3n) is 3.94. The van der Waals surface area contributed by atoms with Crippen molar-refractivity contribution in [3.05, 3.63) is 23.8 Å². The number of ether oxygens (including phenoxy) is 1. The summed E-state index contributed by atoms with van der Waals surface area (Å²) in [6.07, 6.45) is 7.24. The number of allylic oxidation sites excluding steroid dienone is 3. The minimum atomic E-state index is -0.443. The van der Waals surface area contributed by atoms with Gasteiger partial charge in [0.25, 0.3) is 0 Å². The number of carbonyl (C=O) groups excluding carboxylic acids is 2. The predicted molar refractivity (Wildman–Crippen MR) is 57.4 cm³/mol. The zero-order chi connectivity index (χ0) is 11.3. The lowest BCUT2D eigenvalue weighted by Crippen LogP contribution is -2.23. The highest BCUT2D eigenvalue weighted by atomic mass is 16.5. The van der Waals surface area contributed by atoms with Crippen molar-refractivity contribution in [3.8, 4) is 0 Å². The summed E-state index contributed by atoms with van der Waals surface area (Å²) in [7, 11) is 0. The topological polar surface area (TPSA) is 43.4 Å². The lowest BCUT2D eigenvalue weighted by atomic mass is 9.85. The van der Waals surface area contributed by atoms with E-state index in [1.54, 1.807) is 6.92 Å². The van der Waals surface area contributed by atoms with E-state index in [0.717, 1.165) is 6.42 Å². The van der Waals surface area contributed by atoms with Crippen molar-refractivity contribution in [2.75, 3.05) is 6.61 Å². The van der Waals surface area contributed by atoms with Gasteiger partial charge in [-0.15, -0.1) is 0 Å². The molecule has 0 aromatic rings. The minimum absolute atomic E-state index is 0.000278. The summed E-state index contributed by atoms with van der Waals surface area (Å²) in [5.74, 6) is 0.648. The molecule has 0 spiro atoms. The van der Waals surface area contributed by atoms with Crippen LogP contribution in [-0.4, -0.2) is 18.4 Å². The Bertz CT molecular complexity index is 419. The second-order valence-electron chi connectivity index (χ2n) is 4.72. The smallest absolute Gasteiger partial charge is 0.341 e. The normalized spacial score (nSPS) is 38.8. The van der Waals surface area contributed by atoms with Crippen molar-refractivity contribution >= 4 is 11.8 Å². The molecule has 4 atom stereocenters. The van der Waals surface area contributed by atoms with Crippen molar-refractivity contribution in [2.45, 2.75) is 13.3 Å². The molecular formula is C13H14O3. The van der Waals surface area contributed by atoms with Gasteiger partial charge in [0.1, 0.15) is 0 Å². The average Bonchev–Trinajstić information content (AvgIpc) is 2.90. The first kappa shape index (κ1) is 9.82. The van der Waals surface area contributed by atoms with Gasteiger partial charge in [-0.3, -0.25) is 4.79 Å². The zero-order valence-electron chi connectivity index (χ0n) is 9.18. The van der Waals surface area contributed by atoms with Crippen molar-refractivity contribution in [3.63, 3.8) is 0 Å². The number of ketones is 1. The molecule has 0 aliphatic heterocycles. The van der Waals surface area contributed by atoms with Gasteiger partial charge in [0.15, 0.2) is 5.78 Å². The van der Waals surface area contributed by atoms with Gasteiger partial charge < -0.3 is 4.74 Å². The standard InChI is InChI=1S/C13H14O3/c1-2-16-13(15)10-6-9-7-3-4-8(5-7)11(9)12(10)14/h3-4,6-9,11H,2,5H2,1H3/t7-,8+,9+,11-/m1/s1. The molecule has 1 fully saturated rings. The molecule has 3 aliphatic carbocycles. The number of hydrogen-bond donors (Lipinski definition) is 0. The summed E-state index contributed by atoms with van der Waals surface area (Å²) >= 11 is 0. The van der Waals surface area contributed by atoms with Crippen LogP contribution in [-0.2, 0) is 14.3 Å². The maximum absolute atomic E-state index is 12.1. The number of Topliss-reactive ketones (excluding diaryl/α,β-unsaturated/α-hetero) is 1. The second kappa shape index (κ2) is 3.30. The zero-order valence-corrected chi connectivity index (χ0v) is 9.18. The van der Waals surface area contributed by atoms with Crippen LogP contribution in [0.3, 0.4) is 0 Å². The Balaban J connectivity index is 1.87. The van der Waals surface area contributed by atoms with E-state index in [1.807, 2.05) is 6.08 Å². The molecule has 3 nitrogen and oxygen atoms in total. The Morgan fingerprint density at radius 3 is 2.88 bits per heavy atom. The Kier molecular flexibility index (Phi) is 2.03. The van der Waals surface area contributed by atoms with Gasteiger partial charge in [-0.25, -0.2) is 4.79 Å². The van der Waals surface area contributed by atoms with E-state index < -0.39 is 5.97 Å².